The van der Waals surface area contributed by atoms with Gasteiger partial charge < -0.3 is 39.3 Å². The summed E-state index contributed by atoms with van der Waals surface area (Å²) in [4.78, 5) is 24.6. The Balaban J connectivity index is 1.33. The minimum absolute atomic E-state index is 0.0511. The second-order valence-corrected chi connectivity index (χ2v) is 11.9. The molecule has 3 aromatic rings. The molecule has 3 aliphatic rings. The Labute approximate surface area is 271 Å². The average Bonchev–Trinajstić information content (AvgIpc) is 3.79. The lowest BCUT2D eigenvalue weighted by atomic mass is 9.91. The molecule has 47 heavy (non-hydrogen) atoms. The summed E-state index contributed by atoms with van der Waals surface area (Å²) in [5, 5.41) is 40.3. The van der Waals surface area contributed by atoms with Crippen molar-refractivity contribution in [1.29, 1.82) is 5.26 Å². The highest BCUT2D eigenvalue weighted by Crippen LogP contribution is 2.35. The molecule has 0 spiro atoms. The molecule has 2 saturated heterocycles. The van der Waals surface area contributed by atoms with Crippen LogP contribution in [0.1, 0.15) is 31.7 Å². The van der Waals surface area contributed by atoms with Crippen LogP contribution in [-0.2, 0) is 16.0 Å². The van der Waals surface area contributed by atoms with Gasteiger partial charge in [0.2, 0.25) is 0 Å². The van der Waals surface area contributed by atoms with Gasteiger partial charge in [0.25, 0.3) is 5.56 Å². The van der Waals surface area contributed by atoms with Gasteiger partial charge in [-0.15, -0.1) is 0 Å². The molecule has 0 saturated carbocycles. The number of rotatable bonds is 12. The van der Waals surface area contributed by atoms with Crippen LogP contribution in [0.15, 0.2) is 58.6 Å². The molecule has 246 valence electrons. The van der Waals surface area contributed by atoms with Crippen molar-refractivity contribution in [3.8, 4) is 28.7 Å². The lowest BCUT2D eigenvalue weighted by Gasteiger charge is -2.18. The first-order valence-corrected chi connectivity index (χ1v) is 15.9. The van der Waals surface area contributed by atoms with Gasteiger partial charge in [-0.2, -0.15) is 5.26 Å². The number of nitriles is 1. The van der Waals surface area contributed by atoms with Crippen LogP contribution in [0.25, 0.3) is 22.3 Å². The third kappa shape index (κ3) is 6.72. The summed E-state index contributed by atoms with van der Waals surface area (Å²) < 4.78 is 23.7. The quantitative estimate of drug-likeness (QED) is 0.208. The van der Waals surface area contributed by atoms with Crippen molar-refractivity contribution < 1.29 is 34.3 Å². The van der Waals surface area contributed by atoms with E-state index in [-0.39, 0.29) is 47.7 Å². The highest BCUT2D eigenvalue weighted by Gasteiger charge is 2.45. The summed E-state index contributed by atoms with van der Waals surface area (Å²) in [5.41, 5.74) is 2.91. The zero-order valence-electron chi connectivity index (χ0n) is 26.1. The SMILES string of the molecule is CC1C(C2=c3nc[nH]c(=O)c3=C(C#N)C2=NCc2ccc(-c3ccc(O[C@H]4CCOC4)cc3)c(OCCCCO)c2)OC(CO)[C@H]1O. The number of aliphatic hydroxyl groups excluding tert-OH is 3. The number of ether oxygens (including phenoxy) is 4. The number of aromatic amines is 1. The van der Waals surface area contributed by atoms with Crippen LogP contribution in [0, 0.1) is 17.2 Å². The van der Waals surface area contributed by atoms with E-state index in [1.807, 2.05) is 42.5 Å². The molecule has 6 rings (SSSR count). The highest BCUT2D eigenvalue weighted by atomic mass is 16.5. The molecule has 2 aromatic carbocycles. The number of unbranched alkanes of at least 4 members (excludes halogenated alkanes) is 1. The Bertz CT molecular complexity index is 1840. The lowest BCUT2D eigenvalue weighted by Crippen LogP contribution is -2.43. The lowest BCUT2D eigenvalue weighted by molar-refractivity contribution is -0.00874. The standard InChI is InChI=1S/C35H38N4O8/c1-20-33(42)28(17-41)47-34(20)30-31(26(15-36)29-32(30)38-19-39-35(29)43)37-16-21-4-9-25(27(14-21)45-12-3-2-11-40)22-5-7-23(8-6-22)46-24-10-13-44-18-24/h4-9,14,19-20,24,28,33-34,40-42H,2-3,10-13,16-18H2,1H3,(H,38,39,43)/t20?,24-,28?,33-,34?/m0/s1. The predicted octanol–water partition coefficient (Wildman–Crippen LogP) is 0.992. The maximum atomic E-state index is 12.9. The van der Waals surface area contributed by atoms with Crippen molar-refractivity contribution in [1.82, 2.24) is 9.97 Å². The molecule has 5 atom stereocenters. The van der Waals surface area contributed by atoms with Crippen molar-refractivity contribution in [3.63, 3.8) is 0 Å². The first-order chi connectivity index (χ1) is 22.9. The zero-order chi connectivity index (χ0) is 32.9. The summed E-state index contributed by atoms with van der Waals surface area (Å²) in [6.07, 6.45) is 0.948. The molecular formula is C35H38N4O8. The Morgan fingerprint density at radius 1 is 1.17 bits per heavy atom. The van der Waals surface area contributed by atoms with E-state index in [0.717, 1.165) is 28.9 Å². The summed E-state index contributed by atoms with van der Waals surface area (Å²) in [6.45, 7) is 3.33. The van der Waals surface area contributed by atoms with Crippen LogP contribution < -0.4 is 25.6 Å². The largest absolute Gasteiger partial charge is 0.493 e. The van der Waals surface area contributed by atoms with Gasteiger partial charge in [0.05, 0.1) is 73.4 Å². The van der Waals surface area contributed by atoms with Gasteiger partial charge in [-0.1, -0.05) is 31.2 Å². The second kappa shape index (κ2) is 14.6. The number of H-pyrrole nitrogens is 1. The van der Waals surface area contributed by atoms with Crippen LogP contribution in [0.3, 0.4) is 0 Å². The van der Waals surface area contributed by atoms with Crippen LogP contribution in [0.5, 0.6) is 11.5 Å². The minimum atomic E-state index is -0.953. The number of aromatic nitrogens is 2. The first-order valence-electron chi connectivity index (χ1n) is 15.9. The molecule has 0 bridgehead atoms. The molecule has 3 unspecified atom stereocenters. The number of benzene rings is 2. The fourth-order valence-electron chi connectivity index (χ4n) is 6.24. The molecule has 0 radical (unpaired) electrons. The van der Waals surface area contributed by atoms with Crippen molar-refractivity contribution in [2.45, 2.75) is 57.1 Å². The molecule has 1 aromatic heterocycles. The van der Waals surface area contributed by atoms with Gasteiger partial charge in [0.15, 0.2) is 0 Å². The molecule has 2 fully saturated rings. The highest BCUT2D eigenvalue weighted by molar-refractivity contribution is 6.44. The number of fused-ring (bicyclic) bond motifs is 1. The first kappa shape index (κ1) is 32.6. The average molecular weight is 643 g/mol. The molecule has 1 aliphatic carbocycles. The summed E-state index contributed by atoms with van der Waals surface area (Å²) in [5.74, 6) is 0.950. The fourth-order valence-corrected chi connectivity index (χ4v) is 6.24. The maximum absolute atomic E-state index is 12.9. The fraction of sp³-hybridized carbons (Fsp3) is 0.429. The summed E-state index contributed by atoms with van der Waals surface area (Å²) >= 11 is 0. The third-order valence-electron chi connectivity index (χ3n) is 8.78. The van der Waals surface area contributed by atoms with E-state index >= 15 is 0 Å². The van der Waals surface area contributed by atoms with Gasteiger partial charge in [0, 0.05) is 30.1 Å². The van der Waals surface area contributed by atoms with E-state index in [0.29, 0.717) is 44.0 Å². The molecular weight excluding hydrogens is 604 g/mol. The Morgan fingerprint density at radius 2 is 2.00 bits per heavy atom. The van der Waals surface area contributed by atoms with Gasteiger partial charge in [0.1, 0.15) is 29.8 Å². The third-order valence-corrected chi connectivity index (χ3v) is 8.78. The monoisotopic (exact) mass is 642 g/mol. The maximum Gasteiger partial charge on any atom is 0.260 e. The molecule has 3 heterocycles. The summed E-state index contributed by atoms with van der Waals surface area (Å²) in [7, 11) is 0. The van der Waals surface area contributed by atoms with Gasteiger partial charge >= 0.3 is 0 Å². The van der Waals surface area contributed by atoms with E-state index in [9.17, 15) is 25.4 Å². The van der Waals surface area contributed by atoms with Crippen LogP contribution in [-0.4, -0.2) is 88.4 Å². The molecule has 12 nitrogen and oxygen atoms in total. The number of hydrogen-bond donors (Lipinski definition) is 4. The van der Waals surface area contributed by atoms with E-state index in [2.05, 4.69) is 16.0 Å². The zero-order valence-corrected chi connectivity index (χ0v) is 26.1. The molecule has 2 aliphatic heterocycles. The van der Waals surface area contributed by atoms with Gasteiger partial charge in [-0.3, -0.25) is 9.79 Å². The number of aliphatic imine (C=N–C) groups is 1. The molecule has 12 heteroatoms. The van der Waals surface area contributed by atoms with Crippen molar-refractivity contribution >= 4 is 16.9 Å². The molecule has 4 N–H and O–H groups in total. The van der Waals surface area contributed by atoms with E-state index < -0.39 is 29.8 Å². The minimum Gasteiger partial charge on any atom is -0.493 e. The van der Waals surface area contributed by atoms with Gasteiger partial charge in [-0.05, 0) is 42.2 Å². The Kier molecular flexibility index (Phi) is 10.1. The topological polar surface area (TPSA) is 180 Å². The Morgan fingerprint density at radius 3 is 2.70 bits per heavy atom. The van der Waals surface area contributed by atoms with Crippen molar-refractivity contribution in [2.75, 3.05) is 33.0 Å². The number of nitrogens with one attached hydrogen (secondary N) is 1. The Hall–Kier alpha value is -4.38. The molecule has 0 amide bonds. The number of nitrogens with zero attached hydrogens (tertiary/aromatic N) is 3. The number of hydrogen-bond acceptors (Lipinski definition) is 11. The van der Waals surface area contributed by atoms with Crippen LogP contribution in [0.4, 0.5) is 0 Å². The van der Waals surface area contributed by atoms with E-state index in [4.69, 9.17) is 23.9 Å². The predicted molar refractivity (Wildman–Crippen MR) is 172 cm³/mol. The van der Waals surface area contributed by atoms with Crippen LogP contribution >= 0.6 is 0 Å². The van der Waals surface area contributed by atoms with E-state index in [1.165, 1.54) is 6.33 Å². The van der Waals surface area contributed by atoms with Crippen molar-refractivity contribution in [2.24, 2.45) is 10.9 Å². The number of aliphatic hydroxyl groups is 3. The van der Waals surface area contributed by atoms with Crippen molar-refractivity contribution in [3.05, 3.63) is 75.3 Å². The van der Waals surface area contributed by atoms with Crippen LogP contribution in [0.2, 0.25) is 0 Å². The smallest absolute Gasteiger partial charge is 0.260 e. The van der Waals surface area contributed by atoms with Gasteiger partial charge in [-0.25, -0.2) is 4.98 Å². The van der Waals surface area contributed by atoms with E-state index in [1.54, 1.807) is 6.92 Å². The summed E-state index contributed by atoms with van der Waals surface area (Å²) in [6, 6.07) is 15.7. The normalized spacial score (nSPS) is 24.5. The second-order valence-electron chi connectivity index (χ2n) is 11.9.